The number of nitrogens with one attached hydrogen (secondary N) is 2. The van der Waals surface area contributed by atoms with Crippen LogP contribution >= 0.6 is 11.3 Å². The number of nitrogens with zero attached hydrogens (tertiary/aromatic N) is 1. The Morgan fingerprint density at radius 1 is 1.00 bits per heavy atom. The van der Waals surface area contributed by atoms with Gasteiger partial charge >= 0.3 is 0 Å². The van der Waals surface area contributed by atoms with Gasteiger partial charge in [0, 0.05) is 10.9 Å². The lowest BCUT2D eigenvalue weighted by Crippen LogP contribution is -2.16. The number of anilines is 2. The van der Waals surface area contributed by atoms with Gasteiger partial charge in [-0.05, 0) is 24.3 Å². The summed E-state index contributed by atoms with van der Waals surface area (Å²) in [5.74, 6) is -1.14. The van der Waals surface area contributed by atoms with Crippen LogP contribution in [0, 0.1) is 5.82 Å². The van der Waals surface area contributed by atoms with Gasteiger partial charge in [-0.3, -0.25) is 14.9 Å². The van der Waals surface area contributed by atoms with Gasteiger partial charge in [0.25, 0.3) is 5.91 Å². The highest BCUT2D eigenvalue weighted by molar-refractivity contribution is 7.14. The van der Waals surface area contributed by atoms with Crippen molar-refractivity contribution in [2.24, 2.45) is 0 Å². The van der Waals surface area contributed by atoms with Gasteiger partial charge in [-0.2, -0.15) is 0 Å². The lowest BCUT2D eigenvalue weighted by molar-refractivity contribution is -0.115. The highest BCUT2D eigenvalue weighted by Crippen LogP contribution is 2.18. The van der Waals surface area contributed by atoms with Crippen LogP contribution in [0.2, 0.25) is 0 Å². The minimum atomic E-state index is -0.495. The van der Waals surface area contributed by atoms with Crippen molar-refractivity contribution in [3.05, 3.63) is 77.1 Å². The summed E-state index contributed by atoms with van der Waals surface area (Å²) in [6.07, 6.45) is -0.00790. The van der Waals surface area contributed by atoms with Crippen molar-refractivity contribution < 1.29 is 14.0 Å². The third-order valence-corrected chi connectivity index (χ3v) is 4.10. The molecule has 0 atom stereocenters. The maximum Gasteiger partial charge on any atom is 0.257 e. The Labute approximate surface area is 147 Å². The summed E-state index contributed by atoms with van der Waals surface area (Å²) in [5.41, 5.74) is 1.15. The molecule has 2 aromatic carbocycles. The molecular formula is C18H14FN3O2S. The Bertz CT molecular complexity index is 896. The van der Waals surface area contributed by atoms with Crippen LogP contribution in [0.3, 0.4) is 0 Å². The van der Waals surface area contributed by atoms with Crippen LogP contribution in [0.4, 0.5) is 15.2 Å². The van der Waals surface area contributed by atoms with E-state index in [-0.39, 0.29) is 23.9 Å². The van der Waals surface area contributed by atoms with Crippen molar-refractivity contribution in [2.45, 2.75) is 6.42 Å². The lowest BCUT2D eigenvalue weighted by Gasteiger charge is -2.04. The van der Waals surface area contributed by atoms with Crippen LogP contribution in [-0.4, -0.2) is 16.8 Å². The van der Waals surface area contributed by atoms with Gasteiger partial charge in [-0.1, -0.05) is 30.3 Å². The number of hydrogen-bond acceptors (Lipinski definition) is 4. The molecule has 1 heterocycles. The summed E-state index contributed by atoms with van der Waals surface area (Å²) >= 11 is 1.23. The lowest BCUT2D eigenvalue weighted by atomic mass is 10.2. The van der Waals surface area contributed by atoms with Crippen LogP contribution < -0.4 is 10.6 Å². The van der Waals surface area contributed by atoms with Crippen LogP contribution in [0.5, 0.6) is 0 Å². The van der Waals surface area contributed by atoms with E-state index >= 15 is 0 Å². The second kappa shape index (κ2) is 7.67. The van der Waals surface area contributed by atoms with Crippen molar-refractivity contribution in [3.63, 3.8) is 0 Å². The van der Waals surface area contributed by atoms with Crippen molar-refractivity contribution in [3.8, 4) is 0 Å². The molecule has 0 radical (unpaired) electrons. The van der Waals surface area contributed by atoms with Crippen molar-refractivity contribution in [1.82, 2.24) is 4.98 Å². The number of para-hydroxylation sites is 1. The second-order valence-corrected chi connectivity index (χ2v) is 6.03. The van der Waals surface area contributed by atoms with Gasteiger partial charge in [0.2, 0.25) is 5.91 Å². The first-order valence-electron chi connectivity index (χ1n) is 7.47. The van der Waals surface area contributed by atoms with Gasteiger partial charge < -0.3 is 5.32 Å². The number of carbonyl (C=O) groups excluding carboxylic acids is 2. The first-order valence-corrected chi connectivity index (χ1v) is 8.35. The minimum Gasteiger partial charge on any atom is -0.323 e. The van der Waals surface area contributed by atoms with Crippen molar-refractivity contribution >= 4 is 34.0 Å². The molecular weight excluding hydrogens is 341 g/mol. The van der Waals surface area contributed by atoms with E-state index in [0.717, 1.165) is 0 Å². The number of hydrogen-bond donors (Lipinski definition) is 2. The Kier molecular flexibility index (Phi) is 5.15. The molecule has 0 saturated carbocycles. The molecule has 0 saturated heterocycles. The largest absolute Gasteiger partial charge is 0.323 e. The van der Waals surface area contributed by atoms with Gasteiger partial charge in [-0.25, -0.2) is 9.37 Å². The van der Waals surface area contributed by atoms with E-state index in [0.29, 0.717) is 16.4 Å². The molecule has 126 valence electrons. The number of aromatic nitrogens is 1. The number of carbonyl (C=O) groups is 2. The summed E-state index contributed by atoms with van der Waals surface area (Å²) < 4.78 is 13.5. The normalized spacial score (nSPS) is 10.3. The maximum absolute atomic E-state index is 13.5. The van der Waals surface area contributed by atoms with E-state index in [1.165, 1.54) is 23.5 Å². The predicted octanol–water partition coefficient (Wildman–Crippen LogP) is 3.72. The van der Waals surface area contributed by atoms with Crippen LogP contribution in [0.1, 0.15) is 16.1 Å². The zero-order chi connectivity index (χ0) is 17.6. The predicted molar refractivity (Wildman–Crippen MR) is 95.2 cm³/mol. The van der Waals surface area contributed by atoms with Gasteiger partial charge in [0.1, 0.15) is 5.82 Å². The van der Waals surface area contributed by atoms with E-state index < -0.39 is 5.82 Å². The summed E-state index contributed by atoms with van der Waals surface area (Å²) in [7, 11) is 0. The highest BCUT2D eigenvalue weighted by atomic mass is 32.1. The second-order valence-electron chi connectivity index (χ2n) is 5.17. The fraction of sp³-hybridized carbons (Fsp3) is 0.0556. The number of benzene rings is 2. The molecule has 0 bridgehead atoms. The Morgan fingerprint density at radius 2 is 1.72 bits per heavy atom. The zero-order valence-corrected chi connectivity index (χ0v) is 13.8. The SMILES string of the molecule is O=C(Cc1csc(NC(=O)c2ccccc2)n1)Nc1ccccc1F. The first kappa shape index (κ1) is 16.8. The molecule has 7 heteroatoms. The molecule has 5 nitrogen and oxygen atoms in total. The number of rotatable bonds is 5. The van der Waals surface area contributed by atoms with Gasteiger partial charge in [-0.15, -0.1) is 11.3 Å². The van der Waals surface area contributed by atoms with Crippen LogP contribution in [0.15, 0.2) is 60.0 Å². The number of amides is 2. The fourth-order valence-electron chi connectivity index (χ4n) is 2.13. The van der Waals surface area contributed by atoms with E-state index in [4.69, 9.17) is 0 Å². The van der Waals surface area contributed by atoms with Crippen LogP contribution in [-0.2, 0) is 11.2 Å². The molecule has 0 aliphatic heterocycles. The van der Waals surface area contributed by atoms with Gasteiger partial charge in [0.15, 0.2) is 5.13 Å². The van der Waals surface area contributed by atoms with E-state index in [1.807, 2.05) is 6.07 Å². The van der Waals surface area contributed by atoms with Crippen molar-refractivity contribution in [1.29, 1.82) is 0 Å². The maximum atomic E-state index is 13.5. The van der Waals surface area contributed by atoms with Gasteiger partial charge in [0.05, 0.1) is 17.8 Å². The zero-order valence-electron chi connectivity index (χ0n) is 13.0. The Balaban J connectivity index is 1.59. The molecule has 3 aromatic rings. The molecule has 0 spiro atoms. The van der Waals surface area contributed by atoms with Crippen molar-refractivity contribution in [2.75, 3.05) is 10.6 Å². The Morgan fingerprint density at radius 3 is 2.48 bits per heavy atom. The van der Waals surface area contributed by atoms with Crippen LogP contribution in [0.25, 0.3) is 0 Å². The molecule has 3 rings (SSSR count). The Hall–Kier alpha value is -3.06. The third-order valence-electron chi connectivity index (χ3n) is 3.30. The molecule has 25 heavy (non-hydrogen) atoms. The standard InChI is InChI=1S/C18H14FN3O2S/c19-14-8-4-5-9-15(14)21-16(23)10-13-11-25-18(20-13)22-17(24)12-6-2-1-3-7-12/h1-9,11H,10H2,(H,21,23)(H,20,22,24). The summed E-state index contributed by atoms with van der Waals surface area (Å²) in [6.45, 7) is 0. The topological polar surface area (TPSA) is 71.1 Å². The number of halogens is 1. The quantitative estimate of drug-likeness (QED) is 0.733. The molecule has 0 fully saturated rings. The number of thiazole rings is 1. The van der Waals surface area contributed by atoms with E-state index in [2.05, 4.69) is 15.6 Å². The van der Waals surface area contributed by atoms with E-state index in [9.17, 15) is 14.0 Å². The first-order chi connectivity index (χ1) is 12.1. The summed E-state index contributed by atoms with van der Waals surface area (Å²) in [6, 6.07) is 14.7. The highest BCUT2D eigenvalue weighted by Gasteiger charge is 2.12. The summed E-state index contributed by atoms with van der Waals surface area (Å²) in [5, 5.41) is 7.27. The average Bonchev–Trinajstić information content (AvgIpc) is 3.04. The smallest absolute Gasteiger partial charge is 0.257 e. The van der Waals surface area contributed by atoms with E-state index in [1.54, 1.807) is 41.8 Å². The molecule has 1 aromatic heterocycles. The molecule has 2 amide bonds. The third kappa shape index (κ3) is 4.48. The molecule has 0 unspecified atom stereocenters. The molecule has 0 aliphatic carbocycles. The average molecular weight is 355 g/mol. The minimum absolute atomic E-state index is 0.00790. The molecule has 2 N–H and O–H groups in total. The monoisotopic (exact) mass is 355 g/mol. The molecule has 0 aliphatic rings. The fourth-order valence-corrected chi connectivity index (χ4v) is 2.83. The summed E-state index contributed by atoms with van der Waals surface area (Å²) in [4.78, 5) is 28.3.